The van der Waals surface area contributed by atoms with Crippen molar-refractivity contribution in [2.45, 2.75) is 0 Å². The van der Waals surface area contributed by atoms with E-state index < -0.39 is 4.92 Å². The quantitative estimate of drug-likeness (QED) is 0.549. The lowest BCUT2D eigenvalue weighted by Gasteiger charge is -2.36. The van der Waals surface area contributed by atoms with Crippen LogP contribution in [-0.2, 0) is 0 Å². The number of nitrogens with zero attached hydrogens (tertiary/aromatic N) is 3. The van der Waals surface area contributed by atoms with Crippen LogP contribution in [-0.4, -0.2) is 62.1 Å². The molecule has 154 valence electrons. The number of carbonyl (C=O) groups excluding carboxylic acids is 1. The summed E-state index contributed by atoms with van der Waals surface area (Å²) in [5.41, 5.74) is 0.932. The first-order valence-corrected chi connectivity index (χ1v) is 9.72. The zero-order chi connectivity index (χ0) is 20.8. The van der Waals surface area contributed by atoms with Crippen LogP contribution in [0.25, 0.3) is 0 Å². The fourth-order valence-electron chi connectivity index (χ4n) is 3.29. The lowest BCUT2D eigenvalue weighted by Crippen LogP contribution is -2.48. The van der Waals surface area contributed by atoms with Gasteiger partial charge in [0.15, 0.2) is 0 Å². The van der Waals surface area contributed by atoms with E-state index in [1.807, 2.05) is 18.2 Å². The Kier molecular flexibility index (Phi) is 6.90. The number of hydrogen-bond donors (Lipinski definition) is 1. The molecule has 9 heteroatoms. The van der Waals surface area contributed by atoms with Gasteiger partial charge < -0.3 is 15.0 Å². The zero-order valence-electron chi connectivity index (χ0n) is 16.1. The number of piperazine rings is 1. The monoisotopic (exact) mass is 418 g/mol. The molecule has 0 aromatic heterocycles. The second kappa shape index (κ2) is 9.58. The fraction of sp³-hybridized carbons (Fsp3) is 0.350. The summed E-state index contributed by atoms with van der Waals surface area (Å²) < 4.78 is 5.75. The van der Waals surface area contributed by atoms with Gasteiger partial charge in [-0.05, 0) is 18.2 Å². The van der Waals surface area contributed by atoms with Crippen molar-refractivity contribution in [2.75, 3.05) is 51.3 Å². The van der Waals surface area contributed by atoms with E-state index in [9.17, 15) is 14.9 Å². The highest BCUT2D eigenvalue weighted by atomic mass is 35.5. The van der Waals surface area contributed by atoms with Gasteiger partial charge in [-0.3, -0.25) is 19.8 Å². The number of ether oxygens (including phenoxy) is 1. The van der Waals surface area contributed by atoms with Gasteiger partial charge in [-0.1, -0.05) is 23.7 Å². The number of para-hydroxylation sites is 1. The van der Waals surface area contributed by atoms with Crippen molar-refractivity contribution in [1.29, 1.82) is 0 Å². The largest absolute Gasteiger partial charge is 0.491 e. The van der Waals surface area contributed by atoms with Gasteiger partial charge >= 0.3 is 0 Å². The van der Waals surface area contributed by atoms with Crippen LogP contribution in [0, 0.1) is 10.1 Å². The first-order chi connectivity index (χ1) is 14.0. The molecule has 0 aliphatic carbocycles. The highest BCUT2D eigenvalue weighted by Crippen LogP contribution is 2.27. The van der Waals surface area contributed by atoms with Gasteiger partial charge in [-0.2, -0.15) is 0 Å². The number of non-ortho nitro benzene ring substituents is 1. The van der Waals surface area contributed by atoms with Crippen LogP contribution in [0.2, 0.25) is 5.02 Å². The van der Waals surface area contributed by atoms with E-state index in [0.29, 0.717) is 41.7 Å². The van der Waals surface area contributed by atoms with E-state index in [1.54, 1.807) is 12.1 Å². The van der Waals surface area contributed by atoms with Crippen molar-refractivity contribution in [2.24, 2.45) is 0 Å². The average Bonchev–Trinajstić information content (AvgIpc) is 2.74. The maximum absolute atomic E-state index is 12.2. The maximum Gasteiger partial charge on any atom is 0.270 e. The smallest absolute Gasteiger partial charge is 0.270 e. The molecule has 1 saturated heterocycles. The first-order valence-electron chi connectivity index (χ1n) is 9.34. The summed E-state index contributed by atoms with van der Waals surface area (Å²) in [6.07, 6.45) is 0. The Morgan fingerprint density at radius 2 is 1.93 bits per heavy atom. The van der Waals surface area contributed by atoms with Gasteiger partial charge in [0.1, 0.15) is 12.4 Å². The molecule has 1 aliphatic rings. The molecular formula is C20H23ClN4O4. The molecule has 2 aromatic carbocycles. The summed E-state index contributed by atoms with van der Waals surface area (Å²) in [6, 6.07) is 11.8. The number of nitro groups is 1. The lowest BCUT2D eigenvalue weighted by atomic mass is 10.1. The summed E-state index contributed by atoms with van der Waals surface area (Å²) >= 11 is 6.10. The number of nitrogens with one attached hydrogen (secondary N) is 1. The van der Waals surface area contributed by atoms with Crippen LogP contribution in [0.5, 0.6) is 5.75 Å². The van der Waals surface area contributed by atoms with Crippen LogP contribution in [0.4, 0.5) is 11.4 Å². The summed E-state index contributed by atoms with van der Waals surface area (Å²) in [5, 5.41) is 14.2. The highest BCUT2D eigenvalue weighted by Gasteiger charge is 2.23. The minimum absolute atomic E-state index is 0.0947. The molecular weight excluding hydrogens is 396 g/mol. The molecule has 1 N–H and O–H groups in total. The third kappa shape index (κ3) is 5.16. The maximum atomic E-state index is 12.2. The molecule has 29 heavy (non-hydrogen) atoms. The van der Waals surface area contributed by atoms with Crippen molar-refractivity contribution in [3.05, 3.63) is 63.2 Å². The highest BCUT2D eigenvalue weighted by molar-refractivity contribution is 6.32. The van der Waals surface area contributed by atoms with Crippen molar-refractivity contribution < 1.29 is 14.5 Å². The number of rotatable bonds is 7. The Balaban J connectivity index is 1.58. The van der Waals surface area contributed by atoms with Crippen molar-refractivity contribution in [3.63, 3.8) is 0 Å². The molecule has 1 aliphatic heterocycles. The Morgan fingerprint density at radius 3 is 2.59 bits per heavy atom. The molecule has 0 unspecified atom stereocenters. The number of hydrogen-bond acceptors (Lipinski definition) is 6. The topological polar surface area (TPSA) is 87.9 Å². The van der Waals surface area contributed by atoms with E-state index in [2.05, 4.69) is 15.1 Å². The van der Waals surface area contributed by atoms with Crippen LogP contribution >= 0.6 is 11.6 Å². The summed E-state index contributed by atoms with van der Waals surface area (Å²) in [6.45, 7) is 4.33. The van der Waals surface area contributed by atoms with Crippen molar-refractivity contribution in [1.82, 2.24) is 10.2 Å². The Hall–Kier alpha value is -2.84. The van der Waals surface area contributed by atoms with E-state index in [4.69, 9.17) is 16.3 Å². The molecule has 0 radical (unpaired) electrons. The lowest BCUT2D eigenvalue weighted by molar-refractivity contribution is -0.384. The molecule has 0 bridgehead atoms. The van der Waals surface area contributed by atoms with Crippen LogP contribution < -0.4 is 15.0 Å². The average molecular weight is 419 g/mol. The van der Waals surface area contributed by atoms with Gasteiger partial charge in [0, 0.05) is 51.9 Å². The molecule has 1 fully saturated rings. The van der Waals surface area contributed by atoms with Gasteiger partial charge in [-0.25, -0.2) is 0 Å². The predicted molar refractivity (Wildman–Crippen MR) is 112 cm³/mol. The molecule has 0 atom stereocenters. The van der Waals surface area contributed by atoms with Crippen LogP contribution in [0.3, 0.4) is 0 Å². The van der Waals surface area contributed by atoms with Crippen LogP contribution in [0.1, 0.15) is 10.4 Å². The van der Waals surface area contributed by atoms with Gasteiger partial charge in [0.25, 0.3) is 11.6 Å². The van der Waals surface area contributed by atoms with Crippen molar-refractivity contribution >= 4 is 28.9 Å². The Bertz CT molecular complexity index is 885. The molecule has 2 aromatic rings. The summed E-state index contributed by atoms with van der Waals surface area (Å²) in [5.74, 6) is 0.341. The SMILES string of the molecule is CNC(=O)c1cc([N+](=O)[O-])ccc1N1CCN(CCOc2ccccc2Cl)CC1. The van der Waals surface area contributed by atoms with Crippen molar-refractivity contribution in [3.8, 4) is 5.75 Å². The number of benzene rings is 2. The minimum atomic E-state index is -0.493. The van der Waals surface area contributed by atoms with Crippen LogP contribution in [0.15, 0.2) is 42.5 Å². The molecule has 0 saturated carbocycles. The predicted octanol–water partition coefficient (Wildman–Crippen LogP) is 2.81. The molecule has 0 spiro atoms. The number of carbonyl (C=O) groups is 1. The first kappa shape index (κ1) is 20.9. The minimum Gasteiger partial charge on any atom is -0.491 e. The summed E-state index contributed by atoms with van der Waals surface area (Å²) in [4.78, 5) is 27.1. The van der Waals surface area contributed by atoms with E-state index in [0.717, 1.165) is 19.6 Å². The fourth-order valence-corrected chi connectivity index (χ4v) is 3.48. The van der Waals surface area contributed by atoms with E-state index >= 15 is 0 Å². The van der Waals surface area contributed by atoms with Gasteiger partial charge in [0.2, 0.25) is 0 Å². The third-order valence-electron chi connectivity index (χ3n) is 4.88. The number of amides is 1. The van der Waals surface area contributed by atoms with E-state index in [1.165, 1.54) is 19.2 Å². The number of halogens is 1. The second-order valence-electron chi connectivity index (χ2n) is 6.65. The standard InChI is InChI=1S/C20H23ClN4O4/c1-22-20(26)16-14-15(25(27)28)6-7-18(16)24-10-8-23(9-11-24)12-13-29-19-5-3-2-4-17(19)21/h2-7,14H,8-13H2,1H3,(H,22,26). The molecule has 8 nitrogen and oxygen atoms in total. The second-order valence-corrected chi connectivity index (χ2v) is 7.05. The van der Waals surface area contributed by atoms with Gasteiger partial charge in [0.05, 0.1) is 21.2 Å². The summed E-state index contributed by atoms with van der Waals surface area (Å²) in [7, 11) is 1.52. The molecule has 1 amide bonds. The van der Waals surface area contributed by atoms with Gasteiger partial charge in [-0.15, -0.1) is 0 Å². The zero-order valence-corrected chi connectivity index (χ0v) is 16.9. The third-order valence-corrected chi connectivity index (χ3v) is 5.19. The number of nitro benzene ring substituents is 1. The molecule has 1 heterocycles. The van der Waals surface area contributed by atoms with E-state index in [-0.39, 0.29) is 11.6 Å². The molecule has 3 rings (SSSR count). The Labute approximate surface area is 174 Å². The number of anilines is 1. The normalized spacial score (nSPS) is 14.5. The Morgan fingerprint density at radius 1 is 1.21 bits per heavy atom.